The second-order valence-corrected chi connectivity index (χ2v) is 5.25. The van der Waals surface area contributed by atoms with Crippen LogP contribution in [-0.2, 0) is 5.75 Å². The van der Waals surface area contributed by atoms with Gasteiger partial charge in [0, 0.05) is 17.6 Å². The first-order chi connectivity index (χ1) is 8.06. The quantitative estimate of drug-likeness (QED) is 0.539. The maximum atomic E-state index is 13.9. The second kappa shape index (κ2) is 6.61. The topological polar surface area (TPSA) is 70.1 Å². The molecule has 1 unspecified atom stereocenters. The minimum absolute atomic E-state index is 0.143. The molecule has 17 heavy (non-hydrogen) atoms. The Balaban J connectivity index is 2.72. The Morgan fingerprint density at radius 3 is 2.88 bits per heavy atom. The number of aliphatic hydroxyl groups excluding tert-OH is 1. The summed E-state index contributed by atoms with van der Waals surface area (Å²) in [6, 6.07) is 4.90. The van der Waals surface area contributed by atoms with E-state index < -0.39 is 5.82 Å². The number of rotatable bonds is 6. The monoisotopic (exact) mass is 256 g/mol. The highest BCUT2D eigenvalue weighted by molar-refractivity contribution is 7.99. The summed E-state index contributed by atoms with van der Waals surface area (Å²) in [5.74, 6) is -0.143. The van der Waals surface area contributed by atoms with Crippen molar-refractivity contribution in [3.05, 3.63) is 35.1 Å². The zero-order valence-electron chi connectivity index (χ0n) is 9.74. The maximum Gasteiger partial charge on any atom is 0.138 e. The van der Waals surface area contributed by atoms with E-state index in [4.69, 9.17) is 16.2 Å². The average Bonchev–Trinajstić information content (AvgIpc) is 2.27. The predicted octanol–water partition coefficient (Wildman–Crippen LogP) is 2.11. The summed E-state index contributed by atoms with van der Waals surface area (Å²) in [6.45, 7) is 2.14. The van der Waals surface area contributed by atoms with Gasteiger partial charge in [-0.3, -0.25) is 5.41 Å². The molecule has 4 N–H and O–H groups in total. The van der Waals surface area contributed by atoms with Crippen LogP contribution in [0.1, 0.15) is 24.5 Å². The van der Waals surface area contributed by atoms with Crippen LogP contribution in [0.25, 0.3) is 0 Å². The number of amidine groups is 1. The van der Waals surface area contributed by atoms with Crippen molar-refractivity contribution in [2.75, 3.05) is 6.61 Å². The molecule has 0 saturated heterocycles. The molecule has 94 valence electrons. The average molecular weight is 256 g/mol. The number of benzene rings is 1. The number of hydrogen-bond acceptors (Lipinski definition) is 3. The number of nitrogen functional groups attached to an aromatic ring is 1. The Hall–Kier alpha value is -1.07. The van der Waals surface area contributed by atoms with Gasteiger partial charge in [0.15, 0.2) is 0 Å². The van der Waals surface area contributed by atoms with Crippen LogP contribution in [0.15, 0.2) is 18.2 Å². The fourth-order valence-electron chi connectivity index (χ4n) is 1.40. The van der Waals surface area contributed by atoms with Crippen LogP contribution >= 0.6 is 11.8 Å². The molecule has 0 amide bonds. The standard InChI is InChI=1S/C12H17FN2OS/c1-8(5-6-16)17-7-9-3-2-4-10(11(9)13)12(14)15/h2-4,8,16H,5-7H2,1H3,(H3,14,15). The van der Waals surface area contributed by atoms with Crippen molar-refractivity contribution < 1.29 is 9.50 Å². The Morgan fingerprint density at radius 1 is 1.59 bits per heavy atom. The van der Waals surface area contributed by atoms with E-state index in [0.29, 0.717) is 17.7 Å². The summed E-state index contributed by atoms with van der Waals surface area (Å²) in [7, 11) is 0. The SMILES string of the molecule is CC(CCO)SCc1cccc(C(=N)N)c1F. The molecule has 0 aliphatic heterocycles. The molecule has 0 aromatic heterocycles. The van der Waals surface area contributed by atoms with Gasteiger partial charge in [0.25, 0.3) is 0 Å². The van der Waals surface area contributed by atoms with E-state index in [1.54, 1.807) is 23.9 Å². The van der Waals surface area contributed by atoms with Crippen LogP contribution in [0.3, 0.4) is 0 Å². The minimum atomic E-state index is -0.413. The van der Waals surface area contributed by atoms with Gasteiger partial charge < -0.3 is 10.8 Å². The number of nitrogens with one attached hydrogen (secondary N) is 1. The lowest BCUT2D eigenvalue weighted by Crippen LogP contribution is -2.14. The van der Waals surface area contributed by atoms with Gasteiger partial charge in [0.1, 0.15) is 11.7 Å². The van der Waals surface area contributed by atoms with Crippen LogP contribution < -0.4 is 5.73 Å². The molecular formula is C12H17FN2OS. The molecule has 5 heteroatoms. The Bertz CT molecular complexity index is 398. The lowest BCUT2D eigenvalue weighted by atomic mass is 10.1. The second-order valence-electron chi connectivity index (χ2n) is 3.83. The molecule has 3 nitrogen and oxygen atoms in total. The third-order valence-corrected chi connectivity index (χ3v) is 3.71. The summed E-state index contributed by atoms with van der Waals surface area (Å²) in [4.78, 5) is 0. The molecule has 0 heterocycles. The lowest BCUT2D eigenvalue weighted by molar-refractivity contribution is 0.289. The van der Waals surface area contributed by atoms with Gasteiger partial charge in [-0.2, -0.15) is 11.8 Å². The first-order valence-electron chi connectivity index (χ1n) is 5.40. The molecule has 0 radical (unpaired) electrons. The zero-order chi connectivity index (χ0) is 12.8. The molecule has 1 atom stereocenters. The Labute approximate surface area is 105 Å². The highest BCUT2D eigenvalue weighted by Crippen LogP contribution is 2.22. The molecule has 0 aliphatic carbocycles. The molecule has 1 aromatic rings. The highest BCUT2D eigenvalue weighted by Gasteiger charge is 2.11. The number of nitrogens with two attached hydrogens (primary N) is 1. The number of hydrogen-bond donors (Lipinski definition) is 3. The van der Waals surface area contributed by atoms with Crippen LogP contribution in [0.2, 0.25) is 0 Å². The van der Waals surface area contributed by atoms with Crippen molar-refractivity contribution in [2.45, 2.75) is 24.3 Å². The van der Waals surface area contributed by atoms with Crippen molar-refractivity contribution in [3.63, 3.8) is 0 Å². The van der Waals surface area contributed by atoms with Crippen molar-refractivity contribution in [3.8, 4) is 0 Å². The molecule has 0 spiro atoms. The van der Waals surface area contributed by atoms with Crippen molar-refractivity contribution in [1.82, 2.24) is 0 Å². The smallest absolute Gasteiger partial charge is 0.138 e. The van der Waals surface area contributed by atoms with Crippen LogP contribution in [-0.4, -0.2) is 22.8 Å². The van der Waals surface area contributed by atoms with E-state index >= 15 is 0 Å². The molecule has 0 saturated carbocycles. The summed E-state index contributed by atoms with van der Waals surface area (Å²) < 4.78 is 13.9. The van der Waals surface area contributed by atoms with Gasteiger partial charge in [-0.15, -0.1) is 0 Å². The van der Waals surface area contributed by atoms with E-state index in [9.17, 15) is 4.39 Å². The summed E-state index contributed by atoms with van der Waals surface area (Å²) in [5, 5.41) is 16.3. The maximum absolute atomic E-state index is 13.9. The third-order valence-electron chi connectivity index (χ3n) is 2.43. The van der Waals surface area contributed by atoms with Crippen molar-refractivity contribution in [1.29, 1.82) is 5.41 Å². The first-order valence-corrected chi connectivity index (χ1v) is 6.45. The first kappa shape index (κ1) is 14.0. The van der Waals surface area contributed by atoms with Crippen LogP contribution in [0, 0.1) is 11.2 Å². The van der Waals surface area contributed by atoms with E-state index in [0.717, 1.165) is 0 Å². The Morgan fingerprint density at radius 2 is 2.29 bits per heavy atom. The largest absolute Gasteiger partial charge is 0.396 e. The van der Waals surface area contributed by atoms with Gasteiger partial charge in [-0.1, -0.05) is 19.1 Å². The van der Waals surface area contributed by atoms with Gasteiger partial charge >= 0.3 is 0 Å². The number of thioether (sulfide) groups is 1. The van der Waals surface area contributed by atoms with Gasteiger partial charge in [-0.05, 0) is 18.1 Å². The van der Waals surface area contributed by atoms with E-state index in [-0.39, 0.29) is 23.3 Å². The molecule has 0 aliphatic rings. The summed E-state index contributed by atoms with van der Waals surface area (Å²) >= 11 is 1.58. The van der Waals surface area contributed by atoms with E-state index in [1.807, 2.05) is 6.92 Å². The summed E-state index contributed by atoms with van der Waals surface area (Å²) in [5.41, 5.74) is 5.99. The lowest BCUT2D eigenvalue weighted by Gasteiger charge is -2.11. The zero-order valence-corrected chi connectivity index (χ0v) is 10.6. The molecule has 0 fully saturated rings. The van der Waals surface area contributed by atoms with E-state index in [1.165, 1.54) is 6.07 Å². The normalized spacial score (nSPS) is 12.4. The highest BCUT2D eigenvalue weighted by atomic mass is 32.2. The molecule has 1 rings (SSSR count). The van der Waals surface area contributed by atoms with Crippen LogP contribution in [0.5, 0.6) is 0 Å². The predicted molar refractivity (Wildman–Crippen MR) is 69.9 cm³/mol. The number of aliphatic hydroxyl groups is 1. The van der Waals surface area contributed by atoms with Gasteiger partial charge in [0.05, 0.1) is 5.56 Å². The molecular weight excluding hydrogens is 239 g/mol. The molecule has 1 aromatic carbocycles. The summed E-state index contributed by atoms with van der Waals surface area (Å²) in [6.07, 6.45) is 0.693. The number of halogens is 1. The Kier molecular flexibility index (Phi) is 5.44. The van der Waals surface area contributed by atoms with E-state index in [2.05, 4.69) is 0 Å². The molecule has 0 bridgehead atoms. The van der Waals surface area contributed by atoms with Crippen LogP contribution in [0.4, 0.5) is 4.39 Å². The minimum Gasteiger partial charge on any atom is -0.396 e. The fraction of sp³-hybridized carbons (Fsp3) is 0.417. The van der Waals surface area contributed by atoms with Gasteiger partial charge in [0.2, 0.25) is 0 Å². The van der Waals surface area contributed by atoms with Crippen molar-refractivity contribution in [2.24, 2.45) is 5.73 Å². The van der Waals surface area contributed by atoms with Crippen molar-refractivity contribution >= 4 is 17.6 Å². The van der Waals surface area contributed by atoms with Gasteiger partial charge in [-0.25, -0.2) is 4.39 Å². The third kappa shape index (κ3) is 4.02. The fourth-order valence-corrected chi connectivity index (χ4v) is 2.36.